The molecule has 0 atom stereocenters. The zero-order valence-corrected chi connectivity index (χ0v) is 13.3. The van der Waals surface area contributed by atoms with Crippen LogP contribution < -0.4 is 10.9 Å². The Morgan fingerprint density at radius 3 is 2.62 bits per heavy atom. The maximum absolute atomic E-state index is 12.3. The first-order valence-electron chi connectivity index (χ1n) is 7.39. The first-order valence-corrected chi connectivity index (χ1v) is 7.39. The second kappa shape index (κ2) is 6.11. The topological polar surface area (TPSA) is 96.8 Å². The van der Waals surface area contributed by atoms with E-state index in [1.807, 2.05) is 6.92 Å². The molecule has 0 saturated carbocycles. The number of carbonyl (C=O) groups is 2. The van der Waals surface area contributed by atoms with Crippen molar-refractivity contribution in [2.24, 2.45) is 0 Å². The van der Waals surface area contributed by atoms with Crippen molar-refractivity contribution in [1.82, 2.24) is 14.5 Å². The molecule has 2 heterocycles. The number of aryl methyl sites for hydroxylation is 1. The van der Waals surface area contributed by atoms with E-state index in [2.05, 4.69) is 15.3 Å². The van der Waals surface area contributed by atoms with Crippen LogP contribution in [-0.4, -0.2) is 26.2 Å². The summed E-state index contributed by atoms with van der Waals surface area (Å²) in [4.78, 5) is 42.8. The first-order chi connectivity index (χ1) is 11.4. The van der Waals surface area contributed by atoms with Crippen molar-refractivity contribution in [2.75, 3.05) is 5.32 Å². The van der Waals surface area contributed by atoms with Gasteiger partial charge in [-0.15, -0.1) is 0 Å². The summed E-state index contributed by atoms with van der Waals surface area (Å²) in [6, 6.07) is 8.28. The maximum atomic E-state index is 12.3. The lowest BCUT2D eigenvalue weighted by Crippen LogP contribution is -2.27. The molecule has 0 aliphatic carbocycles. The summed E-state index contributed by atoms with van der Waals surface area (Å²) in [5.41, 5.74) is 2.20. The summed E-state index contributed by atoms with van der Waals surface area (Å²) in [6.45, 7) is 3.18. The number of H-pyrrole nitrogens is 1. The average Bonchev–Trinajstić information content (AvgIpc) is 2.92. The molecule has 1 amide bonds. The van der Waals surface area contributed by atoms with E-state index in [-0.39, 0.29) is 23.8 Å². The first kappa shape index (κ1) is 15.7. The highest BCUT2D eigenvalue weighted by Crippen LogP contribution is 2.10. The van der Waals surface area contributed by atoms with Gasteiger partial charge in [-0.3, -0.25) is 19.0 Å². The molecule has 24 heavy (non-hydrogen) atoms. The number of Topliss-reactive ketones (excluding diaryl/α,β-unsaturated/α-hetero) is 1. The molecule has 122 valence electrons. The van der Waals surface area contributed by atoms with E-state index >= 15 is 0 Å². The van der Waals surface area contributed by atoms with Gasteiger partial charge in [0.25, 0.3) is 5.56 Å². The smallest absolute Gasteiger partial charge is 0.263 e. The number of rotatable bonds is 4. The Bertz CT molecular complexity index is 983. The number of nitrogens with zero attached hydrogens (tertiary/aromatic N) is 2. The Hall–Kier alpha value is -3.22. The predicted octanol–water partition coefficient (Wildman–Crippen LogP) is 1.87. The van der Waals surface area contributed by atoms with E-state index < -0.39 is 0 Å². The quantitative estimate of drug-likeness (QED) is 0.716. The van der Waals surface area contributed by atoms with Crippen LogP contribution in [-0.2, 0) is 11.3 Å². The number of ketones is 1. The standard InChI is InChI=1S/C17H16N4O3/c1-10-7-14-16(19-10)18-9-21(17(14)24)8-15(23)20-13-5-3-12(4-6-13)11(2)22/h3-7,9,19H,8H2,1-2H3,(H,20,23). The van der Waals surface area contributed by atoms with E-state index in [0.717, 1.165) is 5.69 Å². The Labute approximate surface area is 137 Å². The number of benzene rings is 1. The fourth-order valence-corrected chi connectivity index (χ4v) is 2.43. The molecule has 0 fully saturated rings. The third-order valence-corrected chi connectivity index (χ3v) is 3.64. The summed E-state index contributed by atoms with van der Waals surface area (Å²) in [5.74, 6) is -0.387. The van der Waals surface area contributed by atoms with Crippen LogP contribution in [0.5, 0.6) is 0 Å². The van der Waals surface area contributed by atoms with E-state index in [0.29, 0.717) is 22.3 Å². The van der Waals surface area contributed by atoms with Crippen LogP contribution in [0.25, 0.3) is 11.0 Å². The SMILES string of the molecule is CC(=O)c1ccc(NC(=O)Cn2cnc3[nH]c(C)cc3c2=O)cc1. The van der Waals surface area contributed by atoms with Crippen molar-refractivity contribution in [3.8, 4) is 0 Å². The van der Waals surface area contributed by atoms with E-state index in [9.17, 15) is 14.4 Å². The highest BCUT2D eigenvalue weighted by atomic mass is 16.2. The second-order valence-electron chi connectivity index (χ2n) is 5.57. The molecule has 2 N–H and O–H groups in total. The molecular weight excluding hydrogens is 308 g/mol. The zero-order chi connectivity index (χ0) is 17.3. The van der Waals surface area contributed by atoms with E-state index in [1.165, 1.54) is 17.8 Å². The average molecular weight is 324 g/mol. The second-order valence-corrected chi connectivity index (χ2v) is 5.57. The molecule has 0 saturated heterocycles. The fourth-order valence-electron chi connectivity index (χ4n) is 2.43. The van der Waals surface area contributed by atoms with Gasteiger partial charge in [-0.25, -0.2) is 4.98 Å². The summed E-state index contributed by atoms with van der Waals surface area (Å²) in [5, 5.41) is 3.14. The Balaban J connectivity index is 1.76. The van der Waals surface area contributed by atoms with Crippen LogP contribution in [0.4, 0.5) is 5.69 Å². The van der Waals surface area contributed by atoms with Gasteiger partial charge in [-0.2, -0.15) is 0 Å². The number of fused-ring (bicyclic) bond motifs is 1. The van der Waals surface area contributed by atoms with Gasteiger partial charge in [0.2, 0.25) is 5.91 Å². The van der Waals surface area contributed by atoms with Gasteiger partial charge in [0.05, 0.1) is 5.39 Å². The lowest BCUT2D eigenvalue weighted by Gasteiger charge is -2.07. The number of carbonyl (C=O) groups excluding carboxylic acids is 2. The van der Waals surface area contributed by atoms with Crippen LogP contribution in [0.1, 0.15) is 23.0 Å². The van der Waals surface area contributed by atoms with Crippen molar-refractivity contribution >= 4 is 28.4 Å². The van der Waals surface area contributed by atoms with Crippen molar-refractivity contribution in [3.05, 3.63) is 58.3 Å². The molecule has 2 aromatic heterocycles. The van der Waals surface area contributed by atoms with Gasteiger partial charge in [0, 0.05) is 16.9 Å². The minimum absolute atomic E-state index is 0.0411. The number of anilines is 1. The Morgan fingerprint density at radius 2 is 1.96 bits per heavy atom. The molecule has 0 unspecified atom stereocenters. The van der Waals surface area contributed by atoms with Crippen LogP contribution in [0.15, 0.2) is 41.5 Å². The van der Waals surface area contributed by atoms with Crippen LogP contribution in [0.2, 0.25) is 0 Å². The van der Waals surface area contributed by atoms with Gasteiger partial charge < -0.3 is 10.3 Å². The minimum Gasteiger partial charge on any atom is -0.343 e. The lowest BCUT2D eigenvalue weighted by atomic mass is 10.1. The maximum Gasteiger partial charge on any atom is 0.263 e. The van der Waals surface area contributed by atoms with E-state index in [4.69, 9.17) is 0 Å². The Kier molecular flexibility index (Phi) is 3.99. The van der Waals surface area contributed by atoms with Gasteiger partial charge >= 0.3 is 0 Å². The van der Waals surface area contributed by atoms with Crippen molar-refractivity contribution < 1.29 is 9.59 Å². The molecule has 0 bridgehead atoms. The predicted molar refractivity (Wildman–Crippen MR) is 90.2 cm³/mol. The molecule has 0 spiro atoms. The van der Waals surface area contributed by atoms with Gasteiger partial charge in [-0.05, 0) is 44.2 Å². The number of amides is 1. The molecule has 1 aromatic carbocycles. The van der Waals surface area contributed by atoms with Crippen LogP contribution in [0, 0.1) is 6.92 Å². The summed E-state index contributed by atoms with van der Waals surface area (Å²) >= 11 is 0. The molecule has 0 radical (unpaired) electrons. The molecule has 7 nitrogen and oxygen atoms in total. The van der Waals surface area contributed by atoms with Gasteiger partial charge in [0.1, 0.15) is 18.5 Å². The fraction of sp³-hybridized carbons (Fsp3) is 0.176. The molecule has 3 aromatic rings. The largest absolute Gasteiger partial charge is 0.343 e. The summed E-state index contributed by atoms with van der Waals surface area (Å²) in [7, 11) is 0. The highest BCUT2D eigenvalue weighted by Gasteiger charge is 2.10. The number of nitrogens with one attached hydrogen (secondary N) is 2. The molecule has 7 heteroatoms. The highest BCUT2D eigenvalue weighted by molar-refractivity contribution is 5.95. The summed E-state index contributed by atoms with van der Waals surface area (Å²) < 4.78 is 1.26. The minimum atomic E-state index is -0.346. The van der Waals surface area contributed by atoms with Crippen molar-refractivity contribution in [3.63, 3.8) is 0 Å². The third kappa shape index (κ3) is 3.10. The molecule has 0 aliphatic rings. The zero-order valence-electron chi connectivity index (χ0n) is 13.3. The molecule has 3 rings (SSSR count). The molecular formula is C17H16N4O3. The van der Waals surface area contributed by atoms with Crippen LogP contribution in [0.3, 0.4) is 0 Å². The number of hydrogen-bond acceptors (Lipinski definition) is 4. The van der Waals surface area contributed by atoms with Gasteiger partial charge in [-0.1, -0.05) is 0 Å². The van der Waals surface area contributed by atoms with E-state index in [1.54, 1.807) is 30.3 Å². The normalized spacial score (nSPS) is 10.8. The third-order valence-electron chi connectivity index (χ3n) is 3.64. The molecule has 0 aliphatic heterocycles. The van der Waals surface area contributed by atoms with Crippen molar-refractivity contribution in [1.29, 1.82) is 0 Å². The number of hydrogen-bond donors (Lipinski definition) is 2. The van der Waals surface area contributed by atoms with Crippen molar-refractivity contribution in [2.45, 2.75) is 20.4 Å². The number of aromatic amines is 1. The van der Waals surface area contributed by atoms with Crippen LogP contribution >= 0.6 is 0 Å². The van der Waals surface area contributed by atoms with Gasteiger partial charge in [0.15, 0.2) is 5.78 Å². The summed E-state index contributed by atoms with van der Waals surface area (Å²) in [6.07, 6.45) is 1.35. The Morgan fingerprint density at radius 1 is 1.25 bits per heavy atom. The monoisotopic (exact) mass is 324 g/mol. The number of aromatic nitrogens is 3. The lowest BCUT2D eigenvalue weighted by molar-refractivity contribution is -0.116.